The summed E-state index contributed by atoms with van der Waals surface area (Å²) in [6, 6.07) is 10.0. The van der Waals surface area contributed by atoms with Gasteiger partial charge in [0.25, 0.3) is 5.91 Å². The van der Waals surface area contributed by atoms with Crippen LogP contribution in [0.3, 0.4) is 0 Å². The third-order valence-corrected chi connectivity index (χ3v) is 7.74. The molecule has 0 N–H and O–H groups in total. The van der Waals surface area contributed by atoms with Crippen LogP contribution in [0, 0.1) is 13.8 Å². The number of amides is 1. The summed E-state index contributed by atoms with van der Waals surface area (Å²) in [5.41, 5.74) is 5.13. The average molecular weight is 473 g/mol. The van der Waals surface area contributed by atoms with Crippen molar-refractivity contribution >= 4 is 56.4 Å². The molecule has 3 aromatic rings. The lowest BCUT2D eigenvalue weighted by Crippen LogP contribution is -2.35. The molecule has 1 aliphatic rings. The van der Waals surface area contributed by atoms with Crippen LogP contribution in [-0.2, 0) is 11.8 Å². The number of carbonyl (C=O) groups is 1. The van der Waals surface area contributed by atoms with Gasteiger partial charge in [0.15, 0.2) is 0 Å². The normalized spacial score (nSPS) is 14.4. The quantitative estimate of drug-likeness (QED) is 0.395. The molecule has 0 atom stereocenters. The van der Waals surface area contributed by atoms with Gasteiger partial charge in [-0.1, -0.05) is 62.2 Å². The van der Waals surface area contributed by atoms with E-state index in [9.17, 15) is 4.79 Å². The number of hydrogen-bond acceptors (Lipinski definition) is 3. The minimum atomic E-state index is -0.0832. The molecule has 0 radical (unpaired) electrons. The van der Waals surface area contributed by atoms with Crippen LogP contribution in [0.1, 0.15) is 52.7 Å². The van der Waals surface area contributed by atoms with Crippen LogP contribution < -0.4 is 0 Å². The number of fused-ring (bicyclic) bond motifs is 1. The van der Waals surface area contributed by atoms with E-state index in [1.165, 1.54) is 33.6 Å². The summed E-state index contributed by atoms with van der Waals surface area (Å²) < 4.78 is 0.919. The second kappa shape index (κ2) is 8.23. The molecular weight excluding hydrogens is 447 g/mol. The fraction of sp³-hybridized carbons (Fsp3) is 0.360. The van der Waals surface area contributed by atoms with Crippen LogP contribution in [0.5, 0.6) is 0 Å². The van der Waals surface area contributed by atoms with Gasteiger partial charge in [0, 0.05) is 28.1 Å². The number of nitrogens with zero attached hydrogens (tertiary/aromatic N) is 2. The summed E-state index contributed by atoms with van der Waals surface area (Å²) in [5, 5.41) is 1.99. The van der Waals surface area contributed by atoms with E-state index in [2.05, 4.69) is 51.7 Å². The van der Waals surface area contributed by atoms with E-state index < -0.39 is 0 Å². The lowest BCUT2D eigenvalue weighted by Gasteiger charge is -2.24. The first-order valence-electron chi connectivity index (χ1n) is 10.4. The summed E-state index contributed by atoms with van der Waals surface area (Å²) in [4.78, 5) is 20.4. The maximum atomic E-state index is 13.4. The van der Waals surface area contributed by atoms with Gasteiger partial charge in [-0.25, -0.2) is 0 Å². The number of halogens is 2. The van der Waals surface area contributed by atoms with Gasteiger partial charge in [0.2, 0.25) is 0 Å². The van der Waals surface area contributed by atoms with Crippen molar-refractivity contribution in [2.75, 3.05) is 13.1 Å². The molecule has 3 nitrogen and oxygen atoms in total. The van der Waals surface area contributed by atoms with Crippen molar-refractivity contribution in [3.63, 3.8) is 0 Å². The molecule has 0 unspecified atom stereocenters. The van der Waals surface area contributed by atoms with Gasteiger partial charge in [-0.15, -0.1) is 11.3 Å². The Morgan fingerprint density at radius 1 is 1.13 bits per heavy atom. The molecule has 2 heterocycles. The van der Waals surface area contributed by atoms with E-state index >= 15 is 0 Å². The number of carbonyl (C=O) groups excluding carboxylic acids is 1. The first-order chi connectivity index (χ1) is 14.6. The Morgan fingerprint density at radius 3 is 2.45 bits per heavy atom. The van der Waals surface area contributed by atoms with E-state index in [1.54, 1.807) is 11.0 Å². The molecule has 1 amide bonds. The smallest absolute Gasteiger partial charge is 0.270 e. The topological polar surface area (TPSA) is 32.7 Å². The molecule has 2 aromatic carbocycles. The number of amidine groups is 1. The highest BCUT2D eigenvalue weighted by molar-refractivity contribution is 7.21. The van der Waals surface area contributed by atoms with Crippen LogP contribution in [0.4, 0.5) is 0 Å². The summed E-state index contributed by atoms with van der Waals surface area (Å²) in [6.07, 6.45) is 0.641. The SMILES string of the molecule is Cc1cc(C(C)(C)C)cc(C)c1CC1=NCCN1C(=O)c1sc2cc(Cl)ccc2c1Cl. The van der Waals surface area contributed by atoms with Crippen molar-refractivity contribution in [1.82, 2.24) is 4.90 Å². The fourth-order valence-corrected chi connectivity index (χ4v) is 5.76. The van der Waals surface area contributed by atoms with Gasteiger partial charge in [-0.05, 0) is 53.6 Å². The molecule has 0 fully saturated rings. The predicted octanol–water partition coefficient (Wildman–Crippen LogP) is 7.22. The van der Waals surface area contributed by atoms with Crippen molar-refractivity contribution in [2.45, 2.75) is 46.5 Å². The summed E-state index contributed by atoms with van der Waals surface area (Å²) in [6.45, 7) is 12.2. The van der Waals surface area contributed by atoms with E-state index in [4.69, 9.17) is 23.2 Å². The van der Waals surface area contributed by atoms with Crippen LogP contribution in [0.25, 0.3) is 10.1 Å². The number of thiophene rings is 1. The number of hydrogen-bond donors (Lipinski definition) is 0. The first-order valence-corrected chi connectivity index (χ1v) is 12.0. The van der Waals surface area contributed by atoms with Crippen LogP contribution in [0.2, 0.25) is 10.0 Å². The van der Waals surface area contributed by atoms with Crippen molar-refractivity contribution in [3.8, 4) is 0 Å². The molecule has 0 bridgehead atoms. The molecule has 1 aromatic heterocycles. The molecule has 6 heteroatoms. The van der Waals surface area contributed by atoms with E-state index in [1.807, 2.05) is 12.1 Å². The van der Waals surface area contributed by atoms with Gasteiger partial charge >= 0.3 is 0 Å². The van der Waals surface area contributed by atoms with Crippen LogP contribution >= 0.6 is 34.5 Å². The van der Waals surface area contributed by atoms with Crippen molar-refractivity contribution in [2.24, 2.45) is 4.99 Å². The minimum absolute atomic E-state index is 0.0832. The minimum Gasteiger partial charge on any atom is -0.294 e. The third-order valence-electron chi connectivity index (χ3n) is 5.86. The van der Waals surface area contributed by atoms with Crippen molar-refractivity contribution < 1.29 is 4.79 Å². The Morgan fingerprint density at radius 2 is 1.81 bits per heavy atom. The standard InChI is InChI=1S/C25H26Cl2N2OS/c1-14-10-16(25(3,4)5)11-15(2)19(14)13-21-28-8-9-29(21)24(30)23-22(27)18-7-6-17(26)12-20(18)31-23/h6-7,10-12H,8-9,13H2,1-5H3. The molecule has 0 saturated carbocycles. The Hall–Kier alpha value is -1.88. The van der Waals surface area contributed by atoms with Gasteiger partial charge in [-0.3, -0.25) is 14.7 Å². The second-order valence-electron chi connectivity index (χ2n) is 9.16. The molecule has 1 aliphatic heterocycles. The average Bonchev–Trinajstić information content (AvgIpc) is 3.27. The monoisotopic (exact) mass is 472 g/mol. The Bertz CT molecular complexity index is 1200. The number of benzene rings is 2. The number of rotatable bonds is 3. The predicted molar refractivity (Wildman–Crippen MR) is 134 cm³/mol. The Kier molecular flexibility index (Phi) is 5.93. The third kappa shape index (κ3) is 4.26. The van der Waals surface area contributed by atoms with Crippen molar-refractivity contribution in [3.05, 3.63) is 67.5 Å². The van der Waals surface area contributed by atoms with Crippen LogP contribution in [0.15, 0.2) is 35.3 Å². The molecule has 4 rings (SSSR count). The second-order valence-corrected chi connectivity index (χ2v) is 11.0. The zero-order valence-electron chi connectivity index (χ0n) is 18.5. The first kappa shape index (κ1) is 22.3. The van der Waals surface area contributed by atoms with Crippen LogP contribution in [-0.4, -0.2) is 29.7 Å². The van der Waals surface area contributed by atoms with E-state index in [0.29, 0.717) is 34.4 Å². The number of aliphatic imine (C=N–C) groups is 1. The highest BCUT2D eigenvalue weighted by atomic mass is 35.5. The maximum absolute atomic E-state index is 13.4. The zero-order chi connectivity index (χ0) is 22.5. The molecule has 0 aliphatic carbocycles. The highest BCUT2D eigenvalue weighted by Gasteiger charge is 2.29. The summed E-state index contributed by atoms with van der Waals surface area (Å²) >= 11 is 14.1. The van der Waals surface area contributed by atoms with Gasteiger partial charge < -0.3 is 0 Å². The fourth-order valence-electron chi connectivity index (χ4n) is 4.03. The lowest BCUT2D eigenvalue weighted by molar-refractivity contribution is 0.0861. The summed E-state index contributed by atoms with van der Waals surface area (Å²) in [7, 11) is 0. The lowest BCUT2D eigenvalue weighted by atomic mass is 9.83. The Balaban J connectivity index is 1.63. The van der Waals surface area contributed by atoms with E-state index in [-0.39, 0.29) is 11.3 Å². The molecular formula is C25H26Cl2N2OS. The largest absolute Gasteiger partial charge is 0.294 e. The van der Waals surface area contributed by atoms with Crippen molar-refractivity contribution in [1.29, 1.82) is 0 Å². The molecule has 162 valence electrons. The van der Waals surface area contributed by atoms with E-state index in [0.717, 1.165) is 15.9 Å². The Labute approximate surface area is 197 Å². The van der Waals surface area contributed by atoms with Gasteiger partial charge in [0.1, 0.15) is 10.7 Å². The molecule has 31 heavy (non-hydrogen) atoms. The maximum Gasteiger partial charge on any atom is 0.270 e. The molecule has 0 saturated heterocycles. The zero-order valence-corrected chi connectivity index (χ0v) is 20.8. The highest BCUT2D eigenvalue weighted by Crippen LogP contribution is 2.38. The molecule has 0 spiro atoms. The van der Waals surface area contributed by atoms with Gasteiger partial charge in [-0.2, -0.15) is 0 Å². The van der Waals surface area contributed by atoms with Gasteiger partial charge in [0.05, 0.1) is 11.6 Å². The summed E-state index contributed by atoms with van der Waals surface area (Å²) in [5.74, 6) is 0.728. The number of aryl methyl sites for hydroxylation is 2.